The van der Waals surface area contributed by atoms with Gasteiger partial charge in [0, 0.05) is 10.6 Å². The Morgan fingerprint density at radius 3 is 3.17 bits per heavy atom. The van der Waals surface area contributed by atoms with Crippen molar-refractivity contribution in [3.05, 3.63) is 15.4 Å². The van der Waals surface area contributed by atoms with E-state index in [-0.39, 0.29) is 11.9 Å². The number of ether oxygens (including phenoxy) is 1. The molecule has 5 heteroatoms. The zero-order valence-corrected chi connectivity index (χ0v) is 11.2. The minimum absolute atomic E-state index is 0.193. The maximum atomic E-state index is 12.0. The molecule has 96 valence electrons. The SMILES string of the molecule is C#CCn1c2c(sc1=N)CCCC2C(=O)OCC. The molecule has 0 fully saturated rings. The normalized spacial score (nSPS) is 17.9. The number of esters is 1. The van der Waals surface area contributed by atoms with E-state index in [9.17, 15) is 4.79 Å². The fourth-order valence-electron chi connectivity index (χ4n) is 2.37. The number of terminal acetylenes is 1. The lowest BCUT2D eigenvalue weighted by molar-refractivity contribution is -0.145. The average molecular weight is 264 g/mol. The number of rotatable bonds is 3. The monoisotopic (exact) mass is 264 g/mol. The maximum absolute atomic E-state index is 12.0. The third-order valence-corrected chi connectivity index (χ3v) is 4.16. The quantitative estimate of drug-likeness (QED) is 0.666. The molecule has 18 heavy (non-hydrogen) atoms. The molecule has 4 nitrogen and oxygen atoms in total. The summed E-state index contributed by atoms with van der Waals surface area (Å²) in [5.74, 6) is 2.11. The molecule has 0 bridgehead atoms. The van der Waals surface area contributed by atoms with E-state index in [1.807, 2.05) is 0 Å². The summed E-state index contributed by atoms with van der Waals surface area (Å²) in [6.07, 6.45) is 8.02. The molecule has 1 aliphatic carbocycles. The molecule has 1 N–H and O–H groups in total. The van der Waals surface area contributed by atoms with Gasteiger partial charge in [-0.2, -0.15) is 0 Å². The van der Waals surface area contributed by atoms with Crippen molar-refractivity contribution in [1.82, 2.24) is 4.57 Å². The molecule has 0 saturated carbocycles. The Bertz CT molecular complexity index is 550. The minimum atomic E-state index is -0.252. The molecule has 1 atom stereocenters. The van der Waals surface area contributed by atoms with Gasteiger partial charge >= 0.3 is 5.97 Å². The van der Waals surface area contributed by atoms with Crippen LogP contribution in [0.2, 0.25) is 0 Å². The van der Waals surface area contributed by atoms with E-state index >= 15 is 0 Å². The zero-order valence-electron chi connectivity index (χ0n) is 10.4. The molecule has 0 aromatic carbocycles. The Labute approximate surface area is 110 Å². The molecule has 1 heterocycles. The second kappa shape index (κ2) is 5.40. The molecule has 0 amide bonds. The fraction of sp³-hybridized carbons (Fsp3) is 0.538. The van der Waals surface area contributed by atoms with Crippen LogP contribution in [0.4, 0.5) is 0 Å². The van der Waals surface area contributed by atoms with Crippen molar-refractivity contribution in [2.45, 2.75) is 38.6 Å². The number of carbonyl (C=O) groups is 1. The first-order valence-corrected chi connectivity index (χ1v) is 6.87. The van der Waals surface area contributed by atoms with Gasteiger partial charge < -0.3 is 9.30 Å². The molecular weight excluding hydrogens is 248 g/mol. The number of thiazole rings is 1. The van der Waals surface area contributed by atoms with Crippen LogP contribution in [0.5, 0.6) is 0 Å². The first-order valence-electron chi connectivity index (χ1n) is 6.06. The van der Waals surface area contributed by atoms with E-state index in [4.69, 9.17) is 16.6 Å². The second-order valence-electron chi connectivity index (χ2n) is 4.20. The summed E-state index contributed by atoms with van der Waals surface area (Å²) in [5, 5.41) is 7.94. The van der Waals surface area contributed by atoms with E-state index in [1.54, 1.807) is 11.5 Å². The molecular formula is C13H16N2O2S. The number of aryl methyl sites for hydroxylation is 1. The zero-order chi connectivity index (χ0) is 13.1. The average Bonchev–Trinajstić information content (AvgIpc) is 2.66. The lowest BCUT2D eigenvalue weighted by Gasteiger charge is -2.22. The topological polar surface area (TPSA) is 55.1 Å². The van der Waals surface area contributed by atoms with Crippen LogP contribution >= 0.6 is 11.3 Å². The molecule has 1 aromatic rings. The van der Waals surface area contributed by atoms with E-state index in [0.29, 0.717) is 18.0 Å². The lowest BCUT2D eigenvalue weighted by atomic mass is 9.91. The Kier molecular flexibility index (Phi) is 3.87. The third-order valence-electron chi connectivity index (χ3n) is 3.09. The van der Waals surface area contributed by atoms with Crippen LogP contribution in [0.25, 0.3) is 0 Å². The molecule has 2 rings (SSSR count). The number of nitrogens with zero attached hydrogens (tertiary/aromatic N) is 1. The summed E-state index contributed by atoms with van der Waals surface area (Å²) in [7, 11) is 0. The number of nitrogens with one attached hydrogen (secondary N) is 1. The van der Waals surface area contributed by atoms with Crippen molar-refractivity contribution in [2.75, 3.05) is 6.61 Å². The van der Waals surface area contributed by atoms with E-state index < -0.39 is 0 Å². The predicted molar refractivity (Wildman–Crippen MR) is 69.3 cm³/mol. The molecule has 1 unspecified atom stereocenters. The van der Waals surface area contributed by atoms with Crippen molar-refractivity contribution in [3.63, 3.8) is 0 Å². The van der Waals surface area contributed by atoms with Crippen molar-refractivity contribution >= 4 is 17.3 Å². The summed E-state index contributed by atoms with van der Waals surface area (Å²) >= 11 is 1.42. The van der Waals surface area contributed by atoms with Crippen molar-refractivity contribution in [3.8, 4) is 12.3 Å². The number of hydrogen-bond donors (Lipinski definition) is 1. The van der Waals surface area contributed by atoms with Gasteiger partial charge in [0.05, 0.1) is 19.1 Å². The second-order valence-corrected chi connectivity index (χ2v) is 5.29. The number of aromatic nitrogens is 1. The maximum Gasteiger partial charge on any atom is 0.314 e. The van der Waals surface area contributed by atoms with Crippen LogP contribution < -0.4 is 4.80 Å². The summed E-state index contributed by atoms with van der Waals surface area (Å²) in [6, 6.07) is 0. The highest BCUT2D eigenvalue weighted by molar-refractivity contribution is 7.09. The summed E-state index contributed by atoms with van der Waals surface area (Å²) in [5.41, 5.74) is 0.910. The molecule has 1 aliphatic rings. The minimum Gasteiger partial charge on any atom is -0.465 e. The van der Waals surface area contributed by atoms with Gasteiger partial charge in [-0.3, -0.25) is 10.2 Å². The fourth-order valence-corrected chi connectivity index (χ4v) is 3.48. The number of carbonyl (C=O) groups excluding carboxylic acids is 1. The van der Waals surface area contributed by atoms with Crippen LogP contribution in [0.1, 0.15) is 36.3 Å². The molecule has 0 saturated heterocycles. The van der Waals surface area contributed by atoms with E-state index in [1.165, 1.54) is 11.3 Å². The predicted octanol–water partition coefficient (Wildman–Crippen LogP) is 1.65. The van der Waals surface area contributed by atoms with Gasteiger partial charge in [0.1, 0.15) is 0 Å². The van der Waals surface area contributed by atoms with E-state index in [2.05, 4.69) is 5.92 Å². The van der Waals surface area contributed by atoms with Crippen LogP contribution in [-0.4, -0.2) is 17.1 Å². The van der Waals surface area contributed by atoms with Gasteiger partial charge in [-0.05, 0) is 26.2 Å². The highest BCUT2D eigenvalue weighted by Gasteiger charge is 2.31. The highest BCUT2D eigenvalue weighted by atomic mass is 32.1. The molecule has 0 aliphatic heterocycles. The Hall–Kier alpha value is -1.54. The van der Waals surface area contributed by atoms with Crippen LogP contribution in [0.3, 0.4) is 0 Å². The van der Waals surface area contributed by atoms with Crippen molar-refractivity contribution < 1.29 is 9.53 Å². The molecule has 0 spiro atoms. The van der Waals surface area contributed by atoms with Crippen molar-refractivity contribution in [1.29, 1.82) is 5.41 Å². The highest BCUT2D eigenvalue weighted by Crippen LogP contribution is 2.34. The van der Waals surface area contributed by atoms with Gasteiger partial charge in [-0.1, -0.05) is 5.92 Å². The number of fused-ring (bicyclic) bond motifs is 1. The van der Waals surface area contributed by atoms with Crippen LogP contribution in [0.15, 0.2) is 0 Å². The van der Waals surface area contributed by atoms with Crippen LogP contribution in [-0.2, 0) is 22.5 Å². The van der Waals surface area contributed by atoms with Crippen LogP contribution in [0, 0.1) is 17.8 Å². The largest absolute Gasteiger partial charge is 0.465 e. The Balaban J connectivity index is 2.44. The molecule has 0 radical (unpaired) electrons. The lowest BCUT2D eigenvalue weighted by Crippen LogP contribution is -2.26. The summed E-state index contributed by atoms with van der Waals surface area (Å²) in [4.78, 5) is 13.5. The van der Waals surface area contributed by atoms with Gasteiger partial charge in [-0.25, -0.2) is 0 Å². The third kappa shape index (κ3) is 2.21. The molecule has 1 aromatic heterocycles. The van der Waals surface area contributed by atoms with Gasteiger partial charge in [0.15, 0.2) is 4.80 Å². The summed E-state index contributed by atoms with van der Waals surface area (Å²) < 4.78 is 6.88. The Morgan fingerprint density at radius 1 is 1.72 bits per heavy atom. The summed E-state index contributed by atoms with van der Waals surface area (Å²) in [6.45, 7) is 2.54. The van der Waals surface area contributed by atoms with Crippen molar-refractivity contribution in [2.24, 2.45) is 0 Å². The Morgan fingerprint density at radius 2 is 2.50 bits per heavy atom. The van der Waals surface area contributed by atoms with E-state index in [0.717, 1.165) is 29.8 Å². The van der Waals surface area contributed by atoms with Gasteiger partial charge in [0.25, 0.3) is 0 Å². The smallest absolute Gasteiger partial charge is 0.314 e. The first-order chi connectivity index (χ1) is 8.69. The first kappa shape index (κ1) is 12.9. The number of hydrogen-bond acceptors (Lipinski definition) is 4. The van der Waals surface area contributed by atoms with Gasteiger partial charge in [-0.15, -0.1) is 17.8 Å². The standard InChI is InChI=1S/C13H16N2O2S/c1-3-8-15-11-9(12(16)17-4-2)6-5-7-10(11)18-13(15)14/h1,9,14H,4-8H2,2H3. The van der Waals surface area contributed by atoms with Gasteiger partial charge in [0.2, 0.25) is 0 Å².